The second kappa shape index (κ2) is 10.6. The fourth-order valence-corrected chi connectivity index (χ4v) is 4.96. The normalized spacial score (nSPS) is 17.6. The van der Waals surface area contributed by atoms with E-state index in [1.165, 1.54) is 32.1 Å². The van der Waals surface area contributed by atoms with Crippen molar-refractivity contribution in [1.82, 2.24) is 14.9 Å². The van der Waals surface area contributed by atoms with Crippen LogP contribution in [-0.2, 0) is 16.7 Å². The van der Waals surface area contributed by atoms with E-state index in [1.54, 1.807) is 0 Å². The Balaban J connectivity index is 1.76. The number of carbonyl (C=O) groups is 1. The van der Waals surface area contributed by atoms with Gasteiger partial charge in [-0.3, -0.25) is 4.79 Å². The van der Waals surface area contributed by atoms with Gasteiger partial charge in [-0.1, -0.05) is 60.8 Å². The number of rotatable bonds is 7. The number of nitrogens with one attached hydrogen (secondary N) is 1. The van der Waals surface area contributed by atoms with E-state index in [1.807, 2.05) is 0 Å². The average molecular weight is 496 g/mol. The molecule has 198 valence electrons. The Morgan fingerprint density at radius 2 is 1.78 bits per heavy atom. The van der Waals surface area contributed by atoms with Crippen LogP contribution in [0.5, 0.6) is 5.88 Å². The summed E-state index contributed by atoms with van der Waals surface area (Å²) in [5.41, 5.74) is 4.80. The number of pyridine rings is 1. The summed E-state index contributed by atoms with van der Waals surface area (Å²) >= 11 is 0. The van der Waals surface area contributed by atoms with Gasteiger partial charge in [-0.2, -0.15) is 0 Å². The van der Waals surface area contributed by atoms with Gasteiger partial charge in [0.15, 0.2) is 0 Å². The molecule has 3 heterocycles. The van der Waals surface area contributed by atoms with Crippen LogP contribution in [0.25, 0.3) is 11.3 Å². The van der Waals surface area contributed by atoms with Gasteiger partial charge < -0.3 is 19.4 Å². The van der Waals surface area contributed by atoms with Gasteiger partial charge in [0.1, 0.15) is 0 Å². The van der Waals surface area contributed by atoms with Crippen LogP contribution in [0.1, 0.15) is 95.4 Å². The van der Waals surface area contributed by atoms with Crippen molar-refractivity contribution in [1.29, 1.82) is 0 Å². The lowest BCUT2D eigenvalue weighted by Gasteiger charge is -2.27. The summed E-state index contributed by atoms with van der Waals surface area (Å²) in [6, 6.07) is 6.40. The summed E-state index contributed by atoms with van der Waals surface area (Å²) in [5.74, 6) is 1.27. The lowest BCUT2D eigenvalue weighted by molar-refractivity contribution is -0.00347. The topological polar surface area (TPSA) is 65.4 Å². The molecule has 1 saturated heterocycles. The Morgan fingerprint density at radius 1 is 1.08 bits per heavy atom. The van der Waals surface area contributed by atoms with Crippen molar-refractivity contribution in [2.45, 2.75) is 98.6 Å². The maximum Gasteiger partial charge on any atom is 0.253 e. The SMILES string of the molecule is Cc1c(C(=O)NC2COC2)cc(-c2cc(OCC(C)(C)C)nc(C(C)(C)C)c2)n1CC1CCCCC1. The van der Waals surface area contributed by atoms with Crippen LogP contribution in [0.3, 0.4) is 0 Å². The molecule has 6 heteroatoms. The summed E-state index contributed by atoms with van der Waals surface area (Å²) < 4.78 is 13.8. The van der Waals surface area contributed by atoms with E-state index >= 15 is 0 Å². The van der Waals surface area contributed by atoms with Gasteiger partial charge in [0, 0.05) is 35.0 Å². The molecule has 2 fully saturated rings. The summed E-state index contributed by atoms with van der Waals surface area (Å²) in [5, 5.41) is 3.14. The van der Waals surface area contributed by atoms with Crippen LogP contribution in [0.2, 0.25) is 0 Å². The number of hydrogen-bond donors (Lipinski definition) is 1. The number of aromatic nitrogens is 2. The van der Waals surface area contributed by atoms with E-state index in [-0.39, 0.29) is 22.8 Å². The maximum atomic E-state index is 13.2. The Labute approximate surface area is 217 Å². The Hall–Kier alpha value is -2.34. The third-order valence-electron chi connectivity index (χ3n) is 7.27. The van der Waals surface area contributed by atoms with Crippen molar-refractivity contribution in [2.75, 3.05) is 19.8 Å². The van der Waals surface area contributed by atoms with Crippen LogP contribution < -0.4 is 10.1 Å². The second-order valence-corrected chi connectivity index (χ2v) is 13.0. The van der Waals surface area contributed by atoms with Crippen molar-refractivity contribution >= 4 is 5.91 Å². The number of carbonyl (C=O) groups excluding carboxylic acids is 1. The lowest BCUT2D eigenvalue weighted by atomic mass is 9.89. The smallest absolute Gasteiger partial charge is 0.253 e. The van der Waals surface area contributed by atoms with Gasteiger partial charge in [0.25, 0.3) is 5.91 Å². The molecule has 1 aliphatic heterocycles. The number of hydrogen-bond acceptors (Lipinski definition) is 4. The highest BCUT2D eigenvalue weighted by atomic mass is 16.5. The van der Waals surface area contributed by atoms with Crippen LogP contribution in [0.4, 0.5) is 0 Å². The van der Waals surface area contributed by atoms with Gasteiger partial charge in [0.05, 0.1) is 37.1 Å². The first-order chi connectivity index (χ1) is 16.9. The first-order valence-electron chi connectivity index (χ1n) is 13.7. The zero-order valence-corrected chi connectivity index (χ0v) is 23.4. The molecular formula is C30H45N3O3. The summed E-state index contributed by atoms with van der Waals surface area (Å²) in [4.78, 5) is 18.1. The van der Waals surface area contributed by atoms with E-state index < -0.39 is 0 Å². The molecule has 0 radical (unpaired) electrons. The van der Waals surface area contributed by atoms with Gasteiger partial charge in [0.2, 0.25) is 5.88 Å². The standard InChI is InChI=1S/C30H45N3O3/c1-20-24(28(34)31-23-17-35-18-23)15-25(33(20)16-21-11-9-8-10-12-21)22-13-26(30(5,6)7)32-27(14-22)36-19-29(2,3)4/h13-15,21,23H,8-12,16-19H2,1-7H3,(H,31,34). The first kappa shape index (κ1) is 26.7. The molecule has 36 heavy (non-hydrogen) atoms. The predicted molar refractivity (Wildman–Crippen MR) is 145 cm³/mol. The molecule has 0 bridgehead atoms. The van der Waals surface area contributed by atoms with E-state index in [2.05, 4.69) is 76.5 Å². The lowest BCUT2D eigenvalue weighted by Crippen LogP contribution is -2.48. The molecule has 6 nitrogen and oxygen atoms in total. The molecule has 4 rings (SSSR count). The van der Waals surface area contributed by atoms with Crippen LogP contribution in [-0.4, -0.2) is 41.3 Å². The molecule has 1 aliphatic carbocycles. The van der Waals surface area contributed by atoms with E-state index in [0.717, 1.165) is 34.8 Å². The molecule has 0 unspecified atom stereocenters. The highest BCUT2D eigenvalue weighted by molar-refractivity contribution is 5.97. The largest absolute Gasteiger partial charge is 0.477 e. The van der Waals surface area contributed by atoms with Crippen molar-refractivity contribution < 1.29 is 14.3 Å². The molecule has 1 amide bonds. The predicted octanol–water partition coefficient (Wildman–Crippen LogP) is 6.29. The van der Waals surface area contributed by atoms with Crippen LogP contribution in [0.15, 0.2) is 18.2 Å². The Morgan fingerprint density at radius 3 is 2.36 bits per heavy atom. The maximum absolute atomic E-state index is 13.2. The third-order valence-corrected chi connectivity index (χ3v) is 7.27. The van der Waals surface area contributed by atoms with Gasteiger partial charge in [-0.25, -0.2) is 4.98 Å². The monoisotopic (exact) mass is 495 g/mol. The summed E-state index contributed by atoms with van der Waals surface area (Å²) in [6.07, 6.45) is 6.43. The van der Waals surface area contributed by atoms with Crippen molar-refractivity contribution in [2.24, 2.45) is 11.3 Å². The minimum Gasteiger partial charge on any atom is -0.477 e. The molecule has 1 N–H and O–H groups in total. The number of ether oxygens (including phenoxy) is 2. The second-order valence-electron chi connectivity index (χ2n) is 13.0. The van der Waals surface area contributed by atoms with Gasteiger partial charge in [-0.15, -0.1) is 0 Å². The van der Waals surface area contributed by atoms with Crippen LogP contribution in [0, 0.1) is 18.3 Å². The molecule has 2 aromatic rings. The third kappa shape index (κ3) is 6.50. The van der Waals surface area contributed by atoms with E-state index in [9.17, 15) is 4.79 Å². The molecule has 0 atom stereocenters. The average Bonchev–Trinajstić information content (AvgIpc) is 3.10. The molecule has 0 aromatic carbocycles. The van der Waals surface area contributed by atoms with Crippen LogP contribution >= 0.6 is 0 Å². The molecule has 0 spiro atoms. The zero-order valence-electron chi connectivity index (χ0n) is 23.4. The zero-order chi connectivity index (χ0) is 26.1. The number of amides is 1. The van der Waals surface area contributed by atoms with Gasteiger partial charge in [-0.05, 0) is 43.2 Å². The van der Waals surface area contributed by atoms with E-state index in [0.29, 0.717) is 31.6 Å². The highest BCUT2D eigenvalue weighted by Crippen LogP contribution is 2.35. The van der Waals surface area contributed by atoms with E-state index in [4.69, 9.17) is 14.5 Å². The number of nitrogens with zero attached hydrogens (tertiary/aromatic N) is 2. The summed E-state index contributed by atoms with van der Waals surface area (Å²) in [7, 11) is 0. The van der Waals surface area contributed by atoms with Gasteiger partial charge >= 0.3 is 0 Å². The Bertz CT molecular complexity index is 1060. The van der Waals surface area contributed by atoms with Crippen molar-refractivity contribution in [3.8, 4) is 17.1 Å². The molecular weight excluding hydrogens is 450 g/mol. The molecule has 2 aromatic heterocycles. The molecule has 1 saturated carbocycles. The highest BCUT2D eigenvalue weighted by Gasteiger charge is 2.27. The first-order valence-corrected chi connectivity index (χ1v) is 13.7. The van der Waals surface area contributed by atoms with Crippen molar-refractivity contribution in [3.63, 3.8) is 0 Å². The fourth-order valence-electron chi connectivity index (χ4n) is 4.96. The quantitative estimate of drug-likeness (QED) is 0.490. The fraction of sp³-hybridized carbons (Fsp3) is 0.667. The van der Waals surface area contributed by atoms with Crippen molar-refractivity contribution in [3.05, 3.63) is 35.2 Å². The molecule has 2 aliphatic rings. The minimum absolute atomic E-state index is 0.0150. The Kier molecular flexibility index (Phi) is 7.84. The summed E-state index contributed by atoms with van der Waals surface area (Å²) in [6.45, 7) is 17.8. The minimum atomic E-state index is -0.129.